The van der Waals surface area contributed by atoms with Gasteiger partial charge < -0.3 is 130 Å². The number of esters is 4. The Balaban J connectivity index is 0.000000225. The predicted octanol–water partition coefficient (Wildman–Crippen LogP) is 12.1. The molecule has 12 heterocycles. The van der Waals surface area contributed by atoms with Crippen molar-refractivity contribution in [2.45, 2.75) is 403 Å². The topological polar surface area (TPSA) is 386 Å². The van der Waals surface area contributed by atoms with Crippen LogP contribution >= 0.6 is 0 Å². The Morgan fingerprint density at radius 2 is 0.866 bits per heavy atom. The SMILES string of the molecule is CC(=O)OC(C)=O.CC[C@H](C)[C@H]1OC2(C=C[C@@H]1C)C[C@@H]1C[C@@H](C/C=C(\C)[C@@H](O[C@H]3C[C@H](OC)[C@@H](O[C@H]4C[C@H](OC)[C@@H](CC(C)=O)[C@H](C)O4)[C@H](C)O3)[C@@H](C)/C=C/C=C3\CO[C@@H]4[C@H](O)C(C)=C[C@@H](C(=O)O1)[C@]34O)O2.CC[C@H](C)[C@H]1OC2(C=C[C@@H]1C)C[C@@H]1C[C@@H](C/C=C(\C)[C@@H](O[C@H]3C[C@H](OC)[C@@H](O[C@H]4C[C@H](OC)[C@@H](N)[C@H](C)O4)[C@H](C)O3)[C@@H](C)/C=C/C=C3\CO[C@@H]4[C@H](O)C(C)=C[C@@H](C(=O)O1)[C@]34O)O2. The van der Waals surface area contributed by atoms with Crippen molar-refractivity contribution in [3.05, 3.63) is 119 Å². The number of ether oxygens (including phenoxy) is 21. The second kappa shape index (κ2) is 46.3. The fourth-order valence-electron chi connectivity index (χ4n) is 22.1. The number of ketones is 1. The molecule has 0 saturated carbocycles. The Kier molecular flexibility index (Phi) is 37.0. The molecule has 2 unspecified atom stereocenters. The van der Waals surface area contributed by atoms with Crippen LogP contribution in [0.4, 0.5) is 0 Å². The lowest BCUT2D eigenvalue weighted by Gasteiger charge is -2.48. The van der Waals surface area contributed by atoms with Crippen LogP contribution in [0, 0.1) is 53.3 Å². The van der Waals surface area contributed by atoms with E-state index in [9.17, 15) is 44.4 Å². The molecule has 2 aliphatic carbocycles. The molecule has 0 amide bonds. The molecule has 0 aromatic rings. The van der Waals surface area contributed by atoms with Crippen molar-refractivity contribution in [3.63, 3.8) is 0 Å². The Bertz CT molecular complexity index is 4310. The van der Waals surface area contributed by atoms with Gasteiger partial charge in [0.25, 0.3) is 0 Å². The Hall–Kier alpha value is -5.77. The summed E-state index contributed by atoms with van der Waals surface area (Å²) < 4.78 is 133. The van der Waals surface area contributed by atoms with Gasteiger partial charge in [0.2, 0.25) is 0 Å². The first-order valence-electron chi connectivity index (χ1n) is 48.8. The molecule has 40 atom stereocenters. The average molecular weight is 1890 g/mol. The molecular formula is C103H155NO30. The second-order valence-electron chi connectivity index (χ2n) is 40.2. The first-order chi connectivity index (χ1) is 63.5. The van der Waals surface area contributed by atoms with Crippen molar-refractivity contribution in [3.8, 4) is 0 Å². The number of carbonyl (C=O) groups excluding carboxylic acids is 5. The van der Waals surface area contributed by atoms with Gasteiger partial charge in [-0.2, -0.15) is 0 Å². The molecule has 752 valence electrons. The highest BCUT2D eigenvalue weighted by atomic mass is 16.8. The number of methoxy groups -OCH3 is 4. The summed E-state index contributed by atoms with van der Waals surface area (Å²) in [6, 6.07) is -0.257. The zero-order valence-corrected chi connectivity index (χ0v) is 83.0. The van der Waals surface area contributed by atoms with Crippen molar-refractivity contribution in [2.24, 2.45) is 59.0 Å². The van der Waals surface area contributed by atoms with Crippen molar-refractivity contribution in [1.82, 2.24) is 0 Å². The van der Waals surface area contributed by atoms with Crippen molar-refractivity contribution in [2.75, 3.05) is 41.7 Å². The lowest BCUT2D eigenvalue weighted by atomic mass is 9.71. The van der Waals surface area contributed by atoms with E-state index in [0.29, 0.717) is 92.9 Å². The number of rotatable bonds is 18. The summed E-state index contributed by atoms with van der Waals surface area (Å²) in [5, 5.41) is 47.5. The number of hydrogen-bond donors (Lipinski definition) is 5. The lowest BCUT2D eigenvalue weighted by molar-refractivity contribution is -0.315. The minimum absolute atomic E-state index is 0.0301. The zero-order valence-electron chi connectivity index (χ0n) is 83.0. The third-order valence-corrected chi connectivity index (χ3v) is 30.1. The van der Waals surface area contributed by atoms with Crippen molar-refractivity contribution < 1.29 is 144 Å². The summed E-state index contributed by atoms with van der Waals surface area (Å²) >= 11 is 0. The standard InChI is InChI=1S/C51H76O14.C48H73NO13.C4H6O3/c1-12-27(2)46-30(5)18-19-50(65-46)25-37-22-36(64-50)17-16-29(4)45(28(3)14-13-15-35-26-58-48-44(53)31(6)20-39(49(54)61-37)51(35,48)55)62-43-24-41(57-11)47(34(9)60-43)63-42-23-40(56-10)38(21-32(7)52)33(8)59-42;1-11-25(2)43-28(5)17-18-47(62-43)23-34-20-33(61-47)16-15-27(4)42(26(3)13-12-14-32-24-55-45-41(50)29(6)19-35(46(51)58-34)48(32,45)52)59-39-22-37(54-10)44(31(8)57-39)60-38-21-36(53-9)40(49)30(7)56-38;1-3(5)7-4(2)6/h13-16,18-20,27-28,30,33-34,36-48,53,55H,12,17,21-26H2,1-11H3;12-15,17-19,25-26,28,30-31,33-45,50,52H,11,16,20-24,49H2,1-10H3;1-2H3/b14-13+,29-16+,35-15+;13-12+,27-15+,32-14+;/t27-,28-,30-,33-,34-,36+,37-,38-,39-,40-,41-,42-,43-,44+,45-,46+,47-,48+,50?,51+;25-,26-,28-,30-,31-,33+,34-,35-,36-,37-,38-,39-,40-,41+,42-,43+,44-,45+,47?,48+;/m00./s1. The summed E-state index contributed by atoms with van der Waals surface area (Å²) in [4.78, 5) is 60.4. The molecule has 8 saturated heterocycles. The summed E-state index contributed by atoms with van der Waals surface area (Å²) in [5.74, 6) is -6.20. The Labute approximate surface area is 792 Å². The van der Waals surface area contributed by atoms with Gasteiger partial charge in [-0.25, -0.2) is 0 Å². The summed E-state index contributed by atoms with van der Waals surface area (Å²) in [6.45, 7) is 36.5. The highest BCUT2D eigenvalue weighted by Crippen LogP contribution is 2.51. The van der Waals surface area contributed by atoms with E-state index in [1.54, 1.807) is 73.5 Å². The fraction of sp³-hybridized carbons (Fsp3) is 0.757. The molecule has 6 N–H and O–H groups in total. The molecule has 0 aromatic carbocycles. The molecule has 2 spiro atoms. The number of aliphatic hydroxyl groups is 4. The van der Waals surface area contributed by atoms with Gasteiger partial charge in [-0.15, -0.1) is 0 Å². The maximum atomic E-state index is 14.4. The van der Waals surface area contributed by atoms with Crippen LogP contribution in [-0.4, -0.2) is 280 Å². The fourth-order valence-corrected chi connectivity index (χ4v) is 22.1. The van der Waals surface area contributed by atoms with Gasteiger partial charge in [0, 0.05) is 130 Å². The van der Waals surface area contributed by atoms with Crippen molar-refractivity contribution in [1.29, 1.82) is 0 Å². The number of hydrogen-bond acceptors (Lipinski definition) is 31. The molecule has 31 nitrogen and oxygen atoms in total. The van der Waals surface area contributed by atoms with E-state index in [0.717, 1.165) is 24.0 Å². The third kappa shape index (κ3) is 24.5. The number of fused-ring (bicyclic) bond motifs is 4. The molecule has 0 aromatic heterocycles. The Morgan fingerprint density at radius 1 is 0.485 bits per heavy atom. The van der Waals surface area contributed by atoms with Gasteiger partial charge in [0.15, 0.2) is 36.7 Å². The maximum absolute atomic E-state index is 14.4. The molecule has 8 fully saturated rings. The van der Waals surface area contributed by atoms with Crippen LogP contribution in [0.2, 0.25) is 0 Å². The molecule has 14 rings (SSSR count). The van der Waals surface area contributed by atoms with E-state index < -0.39 is 157 Å². The third-order valence-electron chi connectivity index (χ3n) is 30.1. The largest absolute Gasteiger partial charge is 0.462 e. The number of aliphatic hydroxyl groups excluding tert-OH is 2. The highest BCUT2D eigenvalue weighted by Gasteiger charge is 2.63. The molecule has 12 aliphatic heterocycles. The van der Waals surface area contributed by atoms with E-state index in [1.165, 1.54) is 13.8 Å². The average Bonchev–Trinajstić information content (AvgIpc) is 1.55. The van der Waals surface area contributed by atoms with Crippen LogP contribution in [0.15, 0.2) is 119 Å². The van der Waals surface area contributed by atoms with Gasteiger partial charge >= 0.3 is 23.9 Å². The first-order valence-corrected chi connectivity index (χ1v) is 48.8. The van der Waals surface area contributed by atoms with Crippen LogP contribution in [0.25, 0.3) is 0 Å². The van der Waals surface area contributed by atoms with Crippen LogP contribution in [0.3, 0.4) is 0 Å². The molecule has 31 heteroatoms. The molecule has 14 aliphatic rings. The number of Topliss-reactive ketones (excluding diaryl/α,β-unsaturated/α-hetero) is 1. The maximum Gasteiger partial charge on any atom is 0.316 e. The van der Waals surface area contributed by atoms with Crippen molar-refractivity contribution >= 4 is 29.7 Å². The van der Waals surface area contributed by atoms with Crippen LogP contribution in [0.1, 0.15) is 215 Å². The van der Waals surface area contributed by atoms with Gasteiger partial charge in [-0.05, 0) is 133 Å². The van der Waals surface area contributed by atoms with Gasteiger partial charge in [0.05, 0.1) is 105 Å². The van der Waals surface area contributed by atoms with Gasteiger partial charge in [-0.1, -0.05) is 141 Å². The zero-order chi connectivity index (χ0) is 97.5. The van der Waals surface area contributed by atoms with E-state index in [2.05, 4.69) is 91.4 Å². The van der Waals surface area contributed by atoms with E-state index in [4.69, 9.17) is 100 Å². The number of allylic oxidation sites excluding steroid dienone is 4. The van der Waals surface area contributed by atoms with Gasteiger partial charge in [0.1, 0.15) is 77.7 Å². The summed E-state index contributed by atoms with van der Waals surface area (Å²) in [6.07, 6.45) is 20.5. The molecule has 134 heavy (non-hydrogen) atoms. The normalized spacial score (nSPS) is 46.1. The quantitative estimate of drug-likeness (QED) is 0.0368. The van der Waals surface area contributed by atoms with Crippen LogP contribution in [-0.2, 0) is 123 Å². The minimum Gasteiger partial charge on any atom is -0.462 e. The van der Waals surface area contributed by atoms with Crippen LogP contribution < -0.4 is 5.73 Å². The van der Waals surface area contributed by atoms with Crippen LogP contribution in [0.5, 0.6) is 0 Å². The highest BCUT2D eigenvalue weighted by molar-refractivity contribution is 5.82. The molecule has 0 radical (unpaired) electrons. The number of nitrogens with two attached hydrogens (primary N) is 1. The summed E-state index contributed by atoms with van der Waals surface area (Å²) in [5.41, 5.74) is 6.62. The number of carbonyl (C=O) groups is 5. The predicted molar refractivity (Wildman–Crippen MR) is 492 cm³/mol. The Morgan fingerprint density at radius 3 is 1.25 bits per heavy atom. The summed E-state index contributed by atoms with van der Waals surface area (Å²) in [7, 11) is 6.64. The monoisotopic (exact) mass is 1890 g/mol. The van der Waals surface area contributed by atoms with E-state index in [1.807, 2.05) is 71.1 Å². The van der Waals surface area contributed by atoms with E-state index in [-0.39, 0.29) is 128 Å². The van der Waals surface area contributed by atoms with Gasteiger partial charge in [-0.3, -0.25) is 19.2 Å². The van der Waals surface area contributed by atoms with E-state index >= 15 is 0 Å². The smallest absolute Gasteiger partial charge is 0.316 e. The molecular weight excluding hydrogens is 1730 g/mol. The minimum atomic E-state index is -1.84. The lowest BCUT2D eigenvalue weighted by Crippen LogP contribution is -2.58. The first kappa shape index (κ1) is 107. The molecule has 4 bridgehead atoms. The second-order valence-corrected chi connectivity index (χ2v) is 40.2.